The third kappa shape index (κ3) is 2.81. The zero-order chi connectivity index (χ0) is 17.5. The Morgan fingerprint density at radius 2 is 1.92 bits per heavy atom. The Hall–Kier alpha value is -2.94. The number of sulfonamides is 1. The number of benzene rings is 1. The Kier molecular flexibility index (Phi) is 3.72. The molecule has 0 radical (unpaired) electrons. The second kappa shape index (κ2) is 5.60. The Balaban J connectivity index is 2.07. The van der Waals surface area contributed by atoms with Crippen molar-refractivity contribution in [3.8, 4) is 0 Å². The first-order chi connectivity index (χ1) is 11.3. The van der Waals surface area contributed by atoms with Gasteiger partial charge in [0.15, 0.2) is 11.5 Å². The standard InChI is InChI=1S/C15H11FN2O5S/c16-9-3-1-8(2-4-9)5-10-6-11-12(7-17-10)24(22,23)18-13(14(11)19)15(20)21/h1-4,6-7,18-19H,5H2,(H,20,21). The van der Waals surface area contributed by atoms with Gasteiger partial charge in [-0.2, -0.15) is 0 Å². The molecule has 9 heteroatoms. The van der Waals surface area contributed by atoms with Crippen molar-refractivity contribution < 1.29 is 27.8 Å². The van der Waals surface area contributed by atoms with Crippen LogP contribution < -0.4 is 4.72 Å². The minimum atomic E-state index is -4.13. The molecule has 3 rings (SSSR count). The van der Waals surface area contributed by atoms with Gasteiger partial charge in [-0.15, -0.1) is 0 Å². The molecule has 7 nitrogen and oxygen atoms in total. The zero-order valence-corrected chi connectivity index (χ0v) is 12.8. The second-order valence-electron chi connectivity index (χ2n) is 5.11. The molecule has 1 aromatic heterocycles. The number of aliphatic hydroxyl groups excluding tert-OH is 1. The molecule has 0 aliphatic carbocycles. The molecule has 124 valence electrons. The maximum Gasteiger partial charge on any atom is 0.356 e. The third-order valence-corrected chi connectivity index (χ3v) is 4.83. The van der Waals surface area contributed by atoms with Crippen molar-refractivity contribution >= 4 is 21.8 Å². The molecule has 0 bridgehead atoms. The first kappa shape index (κ1) is 15.9. The van der Waals surface area contributed by atoms with E-state index in [0.717, 1.165) is 11.8 Å². The van der Waals surface area contributed by atoms with Gasteiger partial charge >= 0.3 is 5.97 Å². The second-order valence-corrected chi connectivity index (χ2v) is 6.76. The van der Waals surface area contributed by atoms with Crippen LogP contribution in [0.25, 0.3) is 5.76 Å². The van der Waals surface area contributed by atoms with Crippen molar-refractivity contribution in [1.29, 1.82) is 0 Å². The molecular weight excluding hydrogens is 339 g/mol. The number of carboxylic acid groups (broad SMARTS) is 1. The van der Waals surface area contributed by atoms with E-state index < -0.39 is 27.4 Å². The normalized spacial score (nSPS) is 15.5. The Labute approximate surface area is 136 Å². The fourth-order valence-corrected chi connectivity index (χ4v) is 3.51. The number of nitrogens with one attached hydrogen (secondary N) is 1. The summed E-state index contributed by atoms with van der Waals surface area (Å²) < 4.78 is 38.8. The molecule has 0 spiro atoms. The van der Waals surface area contributed by atoms with Crippen LogP contribution in [0.2, 0.25) is 0 Å². The van der Waals surface area contributed by atoms with Gasteiger partial charge in [0.1, 0.15) is 10.7 Å². The van der Waals surface area contributed by atoms with Gasteiger partial charge in [-0.05, 0) is 23.8 Å². The van der Waals surface area contributed by atoms with Gasteiger partial charge in [-0.1, -0.05) is 12.1 Å². The van der Waals surface area contributed by atoms with E-state index in [9.17, 15) is 22.7 Å². The fourth-order valence-electron chi connectivity index (χ4n) is 2.31. The van der Waals surface area contributed by atoms with Gasteiger partial charge in [-0.3, -0.25) is 9.71 Å². The highest BCUT2D eigenvalue weighted by Crippen LogP contribution is 2.29. The molecule has 2 heterocycles. The van der Waals surface area contributed by atoms with E-state index in [1.807, 2.05) is 0 Å². The summed E-state index contributed by atoms with van der Waals surface area (Å²) in [6, 6.07) is 6.96. The molecule has 0 saturated carbocycles. The predicted octanol–water partition coefficient (Wildman–Crippen LogP) is 1.41. The lowest BCUT2D eigenvalue weighted by atomic mass is 10.1. The van der Waals surface area contributed by atoms with Gasteiger partial charge in [-0.25, -0.2) is 17.6 Å². The maximum absolute atomic E-state index is 12.9. The number of aliphatic hydroxyl groups is 1. The Bertz CT molecular complexity index is 968. The van der Waals surface area contributed by atoms with E-state index in [-0.39, 0.29) is 22.7 Å². The topological polar surface area (TPSA) is 117 Å². The average molecular weight is 350 g/mol. The van der Waals surface area contributed by atoms with Crippen molar-refractivity contribution in [1.82, 2.24) is 9.71 Å². The Morgan fingerprint density at radius 1 is 1.25 bits per heavy atom. The number of fused-ring (bicyclic) bond motifs is 1. The summed E-state index contributed by atoms with van der Waals surface area (Å²) in [5.41, 5.74) is 0.163. The van der Waals surface area contributed by atoms with E-state index in [2.05, 4.69) is 4.98 Å². The van der Waals surface area contributed by atoms with E-state index in [1.165, 1.54) is 18.2 Å². The highest BCUT2D eigenvalue weighted by Gasteiger charge is 2.33. The number of nitrogens with zero attached hydrogens (tertiary/aromatic N) is 1. The van der Waals surface area contributed by atoms with Crippen LogP contribution in [0.1, 0.15) is 16.8 Å². The molecule has 1 aromatic carbocycles. The van der Waals surface area contributed by atoms with Crippen LogP contribution in [0, 0.1) is 5.82 Å². The van der Waals surface area contributed by atoms with Gasteiger partial charge in [0, 0.05) is 23.9 Å². The van der Waals surface area contributed by atoms with E-state index in [4.69, 9.17) is 5.11 Å². The Morgan fingerprint density at radius 3 is 2.54 bits per heavy atom. The first-order valence-corrected chi connectivity index (χ1v) is 8.19. The molecule has 0 saturated heterocycles. The molecule has 24 heavy (non-hydrogen) atoms. The van der Waals surface area contributed by atoms with Crippen LogP contribution >= 0.6 is 0 Å². The summed E-state index contributed by atoms with van der Waals surface area (Å²) in [5, 5.41) is 19.0. The molecule has 0 atom stereocenters. The molecular formula is C15H11FN2O5S. The summed E-state index contributed by atoms with van der Waals surface area (Å²) in [4.78, 5) is 14.8. The average Bonchev–Trinajstić information content (AvgIpc) is 2.53. The number of carboxylic acids is 1. The van der Waals surface area contributed by atoms with Gasteiger partial charge in [0.25, 0.3) is 10.0 Å². The van der Waals surface area contributed by atoms with Crippen LogP contribution in [0.3, 0.4) is 0 Å². The number of hydrogen-bond acceptors (Lipinski definition) is 5. The number of rotatable bonds is 3. The number of aromatic nitrogens is 1. The van der Waals surface area contributed by atoms with E-state index >= 15 is 0 Å². The zero-order valence-electron chi connectivity index (χ0n) is 12.0. The summed E-state index contributed by atoms with van der Waals surface area (Å²) in [7, 11) is -4.13. The van der Waals surface area contributed by atoms with Gasteiger partial charge < -0.3 is 10.2 Å². The summed E-state index contributed by atoms with van der Waals surface area (Å²) in [6.45, 7) is 0. The van der Waals surface area contributed by atoms with Crippen LogP contribution in [-0.2, 0) is 21.2 Å². The van der Waals surface area contributed by atoms with Crippen LogP contribution in [0.4, 0.5) is 4.39 Å². The fraction of sp³-hybridized carbons (Fsp3) is 0.0667. The first-order valence-electron chi connectivity index (χ1n) is 6.71. The van der Waals surface area contributed by atoms with Crippen LogP contribution in [-0.4, -0.2) is 29.6 Å². The van der Waals surface area contributed by atoms with E-state index in [0.29, 0.717) is 5.69 Å². The van der Waals surface area contributed by atoms with Gasteiger partial charge in [0.05, 0.1) is 0 Å². The number of hydrogen-bond donors (Lipinski definition) is 3. The minimum absolute atomic E-state index is 0.140. The monoisotopic (exact) mass is 350 g/mol. The summed E-state index contributed by atoms with van der Waals surface area (Å²) in [6.07, 6.45) is 1.31. The summed E-state index contributed by atoms with van der Waals surface area (Å²) in [5.74, 6) is -2.67. The molecule has 2 aromatic rings. The predicted molar refractivity (Wildman–Crippen MR) is 80.9 cm³/mol. The van der Waals surface area contributed by atoms with Crippen LogP contribution in [0.5, 0.6) is 0 Å². The van der Waals surface area contributed by atoms with Crippen molar-refractivity contribution in [2.45, 2.75) is 11.3 Å². The lowest BCUT2D eigenvalue weighted by molar-refractivity contribution is -0.132. The molecule has 0 unspecified atom stereocenters. The highest BCUT2D eigenvalue weighted by atomic mass is 32.2. The van der Waals surface area contributed by atoms with Crippen molar-refractivity contribution in [3.63, 3.8) is 0 Å². The number of pyridine rings is 1. The number of halogens is 1. The lowest BCUT2D eigenvalue weighted by Crippen LogP contribution is -2.33. The minimum Gasteiger partial charge on any atom is -0.505 e. The lowest BCUT2D eigenvalue weighted by Gasteiger charge is -2.19. The molecule has 1 aliphatic heterocycles. The molecule has 3 N–H and O–H groups in total. The van der Waals surface area contributed by atoms with Crippen molar-refractivity contribution in [3.05, 3.63) is 64.9 Å². The van der Waals surface area contributed by atoms with Crippen molar-refractivity contribution in [2.75, 3.05) is 0 Å². The number of carbonyl (C=O) groups is 1. The SMILES string of the molecule is O=C(O)C1=C(O)c2cc(Cc3ccc(F)cc3)ncc2S(=O)(=O)N1. The highest BCUT2D eigenvalue weighted by molar-refractivity contribution is 7.89. The van der Waals surface area contributed by atoms with Crippen LogP contribution in [0.15, 0.2) is 47.1 Å². The van der Waals surface area contributed by atoms with E-state index in [1.54, 1.807) is 16.9 Å². The quantitative estimate of drug-likeness (QED) is 0.771. The molecule has 0 fully saturated rings. The van der Waals surface area contributed by atoms with Gasteiger partial charge in [0.2, 0.25) is 0 Å². The largest absolute Gasteiger partial charge is 0.505 e. The maximum atomic E-state index is 12.9. The van der Waals surface area contributed by atoms with Crippen molar-refractivity contribution in [2.24, 2.45) is 0 Å². The third-order valence-electron chi connectivity index (χ3n) is 3.45. The smallest absolute Gasteiger partial charge is 0.356 e. The number of aliphatic carboxylic acids is 1. The molecule has 0 amide bonds. The summed E-state index contributed by atoms with van der Waals surface area (Å²) >= 11 is 0. The molecule has 1 aliphatic rings.